The molecule has 1 aromatic heterocycles. The zero-order chi connectivity index (χ0) is 15.5. The van der Waals surface area contributed by atoms with Gasteiger partial charge in [-0.1, -0.05) is 12.1 Å². The number of hydrogen-bond donors (Lipinski definition) is 1. The largest absolute Gasteiger partial charge is 0.463 e. The smallest absolute Gasteiger partial charge is 0.428 e. The van der Waals surface area contributed by atoms with Crippen LogP contribution in [0, 0.1) is 0 Å². The molecular weight excluding hydrogens is 272 g/mol. The van der Waals surface area contributed by atoms with E-state index >= 15 is 0 Å². The number of rotatable bonds is 2. The van der Waals surface area contributed by atoms with Gasteiger partial charge in [0.2, 0.25) is 5.43 Å². The van der Waals surface area contributed by atoms with E-state index in [1.54, 1.807) is 45.0 Å². The SMILES string of the molecule is CC(C)(C)OC(=O)NN=Cc1coc2ccccc2c1=O. The van der Waals surface area contributed by atoms with E-state index in [2.05, 4.69) is 10.5 Å². The van der Waals surface area contributed by atoms with Crippen molar-refractivity contribution in [2.75, 3.05) is 0 Å². The number of hydrazone groups is 1. The van der Waals surface area contributed by atoms with Gasteiger partial charge in [0.25, 0.3) is 0 Å². The minimum absolute atomic E-state index is 0.216. The Bertz CT molecular complexity index is 741. The summed E-state index contributed by atoms with van der Waals surface area (Å²) in [5, 5.41) is 4.14. The first-order valence-corrected chi connectivity index (χ1v) is 6.39. The standard InChI is InChI=1S/C15H16N2O4/c1-15(2,3)21-14(19)17-16-8-10-9-20-12-7-5-4-6-11(12)13(10)18/h4-9H,1-3H3,(H,17,19). The predicted octanol–water partition coefficient (Wildman–Crippen LogP) is 2.65. The quantitative estimate of drug-likeness (QED) is 0.680. The van der Waals surface area contributed by atoms with Crippen LogP contribution in [0.15, 0.2) is 44.8 Å². The molecule has 0 aliphatic carbocycles. The molecular formula is C15H16N2O4. The Morgan fingerprint density at radius 3 is 2.76 bits per heavy atom. The maximum atomic E-state index is 12.1. The van der Waals surface area contributed by atoms with Crippen molar-refractivity contribution in [3.05, 3.63) is 46.3 Å². The molecule has 1 N–H and O–H groups in total. The summed E-state index contributed by atoms with van der Waals surface area (Å²) in [6.07, 6.45) is 1.83. The molecule has 2 aromatic rings. The van der Waals surface area contributed by atoms with Crippen LogP contribution in [0.5, 0.6) is 0 Å². The Morgan fingerprint density at radius 2 is 2.05 bits per heavy atom. The molecule has 0 atom stereocenters. The minimum atomic E-state index is -0.691. The van der Waals surface area contributed by atoms with E-state index in [0.717, 1.165) is 0 Å². The molecule has 0 saturated heterocycles. The summed E-state index contributed by atoms with van der Waals surface area (Å²) >= 11 is 0. The Balaban J connectivity index is 2.13. The molecule has 1 aromatic carbocycles. The molecule has 0 radical (unpaired) electrons. The van der Waals surface area contributed by atoms with E-state index in [1.807, 2.05) is 0 Å². The van der Waals surface area contributed by atoms with Crippen LogP contribution in [-0.2, 0) is 4.74 Å². The van der Waals surface area contributed by atoms with Crippen LogP contribution < -0.4 is 10.9 Å². The van der Waals surface area contributed by atoms with Crippen molar-refractivity contribution >= 4 is 23.3 Å². The molecule has 0 aliphatic rings. The molecule has 110 valence electrons. The fourth-order valence-corrected chi connectivity index (χ4v) is 1.64. The zero-order valence-corrected chi connectivity index (χ0v) is 12.0. The molecule has 0 bridgehead atoms. The van der Waals surface area contributed by atoms with Crippen LogP contribution in [0.2, 0.25) is 0 Å². The van der Waals surface area contributed by atoms with Gasteiger partial charge in [-0.2, -0.15) is 5.10 Å². The Hall–Kier alpha value is -2.63. The highest BCUT2D eigenvalue weighted by molar-refractivity contribution is 5.86. The van der Waals surface area contributed by atoms with E-state index in [-0.39, 0.29) is 11.0 Å². The number of nitrogens with one attached hydrogen (secondary N) is 1. The first kappa shape index (κ1) is 14.8. The molecule has 0 fully saturated rings. The molecule has 21 heavy (non-hydrogen) atoms. The topological polar surface area (TPSA) is 80.9 Å². The van der Waals surface area contributed by atoms with Crippen LogP contribution in [0.4, 0.5) is 4.79 Å². The molecule has 6 heteroatoms. The molecule has 0 spiro atoms. The number of ether oxygens (including phenoxy) is 1. The van der Waals surface area contributed by atoms with Gasteiger partial charge in [-0.15, -0.1) is 0 Å². The number of carbonyl (C=O) groups excluding carboxylic acids is 1. The number of nitrogens with zero attached hydrogens (tertiary/aromatic N) is 1. The highest BCUT2D eigenvalue weighted by atomic mass is 16.6. The number of fused-ring (bicyclic) bond motifs is 1. The first-order chi connectivity index (χ1) is 9.87. The first-order valence-electron chi connectivity index (χ1n) is 6.39. The van der Waals surface area contributed by atoms with E-state index in [1.165, 1.54) is 12.5 Å². The van der Waals surface area contributed by atoms with Crippen molar-refractivity contribution in [3.8, 4) is 0 Å². The summed E-state index contributed by atoms with van der Waals surface area (Å²) in [6.45, 7) is 5.23. The lowest BCUT2D eigenvalue weighted by atomic mass is 10.2. The van der Waals surface area contributed by atoms with Gasteiger partial charge >= 0.3 is 6.09 Å². The van der Waals surface area contributed by atoms with Crippen LogP contribution in [0.3, 0.4) is 0 Å². The van der Waals surface area contributed by atoms with Crippen molar-refractivity contribution in [2.24, 2.45) is 5.10 Å². The van der Waals surface area contributed by atoms with Crippen molar-refractivity contribution in [1.29, 1.82) is 0 Å². The van der Waals surface area contributed by atoms with E-state index in [0.29, 0.717) is 11.0 Å². The number of carbonyl (C=O) groups is 1. The van der Waals surface area contributed by atoms with Gasteiger partial charge in [-0.3, -0.25) is 4.79 Å². The summed E-state index contributed by atoms with van der Waals surface area (Å²) in [6, 6.07) is 6.90. The fourth-order valence-electron chi connectivity index (χ4n) is 1.64. The third-order valence-corrected chi connectivity index (χ3v) is 2.47. The Morgan fingerprint density at radius 1 is 1.33 bits per heavy atom. The molecule has 1 heterocycles. The number of para-hydroxylation sites is 1. The van der Waals surface area contributed by atoms with Gasteiger partial charge in [0.1, 0.15) is 17.4 Å². The normalized spacial score (nSPS) is 11.8. The van der Waals surface area contributed by atoms with Crippen LogP contribution >= 0.6 is 0 Å². The van der Waals surface area contributed by atoms with Gasteiger partial charge in [-0.25, -0.2) is 10.2 Å². The number of hydrogen-bond acceptors (Lipinski definition) is 5. The van der Waals surface area contributed by atoms with Crippen molar-refractivity contribution in [3.63, 3.8) is 0 Å². The predicted molar refractivity (Wildman–Crippen MR) is 79.4 cm³/mol. The second-order valence-corrected chi connectivity index (χ2v) is 5.39. The van der Waals surface area contributed by atoms with Crippen molar-refractivity contribution < 1.29 is 13.9 Å². The number of amides is 1. The summed E-state index contributed by atoms with van der Waals surface area (Å²) in [5.41, 5.74) is 2.11. The fraction of sp³-hybridized carbons (Fsp3) is 0.267. The summed E-state index contributed by atoms with van der Waals surface area (Å²) in [4.78, 5) is 23.5. The highest BCUT2D eigenvalue weighted by Gasteiger charge is 2.15. The summed E-state index contributed by atoms with van der Waals surface area (Å²) in [5.74, 6) is 0. The molecule has 1 amide bonds. The van der Waals surface area contributed by atoms with E-state index in [4.69, 9.17) is 9.15 Å². The van der Waals surface area contributed by atoms with E-state index < -0.39 is 11.7 Å². The van der Waals surface area contributed by atoms with Crippen molar-refractivity contribution in [2.45, 2.75) is 26.4 Å². The minimum Gasteiger partial charge on any atom is -0.463 e. The van der Waals surface area contributed by atoms with Gasteiger partial charge < -0.3 is 9.15 Å². The van der Waals surface area contributed by atoms with Gasteiger partial charge in [0.15, 0.2) is 0 Å². The van der Waals surface area contributed by atoms with Gasteiger partial charge in [0.05, 0.1) is 17.2 Å². The summed E-state index contributed by atoms with van der Waals surface area (Å²) in [7, 11) is 0. The second kappa shape index (κ2) is 5.78. The van der Waals surface area contributed by atoms with Crippen molar-refractivity contribution in [1.82, 2.24) is 5.43 Å². The maximum absolute atomic E-state index is 12.1. The summed E-state index contributed by atoms with van der Waals surface area (Å²) < 4.78 is 10.3. The zero-order valence-electron chi connectivity index (χ0n) is 12.0. The van der Waals surface area contributed by atoms with Gasteiger partial charge in [-0.05, 0) is 32.9 Å². The van der Waals surface area contributed by atoms with E-state index in [9.17, 15) is 9.59 Å². The lowest BCUT2D eigenvalue weighted by molar-refractivity contribution is 0.0529. The number of benzene rings is 1. The Kier molecular flexibility index (Phi) is 4.07. The second-order valence-electron chi connectivity index (χ2n) is 5.39. The molecule has 2 rings (SSSR count). The average Bonchev–Trinajstić information content (AvgIpc) is 2.40. The monoisotopic (exact) mass is 288 g/mol. The maximum Gasteiger partial charge on any atom is 0.428 e. The molecule has 0 saturated carbocycles. The lowest BCUT2D eigenvalue weighted by Crippen LogP contribution is -2.30. The Labute approximate surface area is 121 Å². The lowest BCUT2D eigenvalue weighted by Gasteiger charge is -2.18. The van der Waals surface area contributed by atoms with Gasteiger partial charge in [0, 0.05) is 0 Å². The third kappa shape index (κ3) is 3.92. The van der Waals surface area contributed by atoms with Crippen LogP contribution in [-0.4, -0.2) is 17.9 Å². The van der Waals surface area contributed by atoms with Crippen LogP contribution in [0.1, 0.15) is 26.3 Å². The highest BCUT2D eigenvalue weighted by Crippen LogP contribution is 2.09. The molecule has 0 aliphatic heterocycles. The third-order valence-electron chi connectivity index (χ3n) is 2.47. The average molecular weight is 288 g/mol. The van der Waals surface area contributed by atoms with Crippen LogP contribution in [0.25, 0.3) is 11.0 Å². The molecule has 6 nitrogen and oxygen atoms in total. The molecule has 0 unspecified atom stereocenters.